The van der Waals surface area contributed by atoms with Crippen molar-refractivity contribution in [3.05, 3.63) is 192 Å². The normalized spacial score (nSPS) is 13.2. The number of hydrogen-bond donors (Lipinski definition) is 0. The van der Waals surface area contributed by atoms with E-state index in [-0.39, 0.29) is 24.8 Å². The summed E-state index contributed by atoms with van der Waals surface area (Å²) in [5.41, 5.74) is 17.2. The van der Waals surface area contributed by atoms with Crippen molar-refractivity contribution in [2.24, 2.45) is 0 Å². The summed E-state index contributed by atoms with van der Waals surface area (Å²) in [6.45, 7) is 9.58. The minimum atomic E-state index is -2.96. The van der Waals surface area contributed by atoms with E-state index < -0.39 is 21.3 Å². The molecule has 6 aromatic rings. The van der Waals surface area contributed by atoms with Crippen LogP contribution in [0.3, 0.4) is 0 Å². The van der Waals surface area contributed by atoms with Crippen LogP contribution in [-0.4, -0.2) is 3.21 Å². The topological polar surface area (TPSA) is 0 Å². The van der Waals surface area contributed by atoms with Crippen LogP contribution in [0.5, 0.6) is 0 Å². The van der Waals surface area contributed by atoms with Gasteiger partial charge in [-0.25, -0.2) is 0 Å². The molecule has 0 spiro atoms. The van der Waals surface area contributed by atoms with Gasteiger partial charge in [0.05, 0.1) is 0 Å². The van der Waals surface area contributed by atoms with Crippen LogP contribution < -0.4 is 28.1 Å². The van der Waals surface area contributed by atoms with Crippen LogP contribution >= 0.6 is 23.2 Å². The van der Waals surface area contributed by atoms with E-state index in [4.69, 9.17) is 23.2 Å². The molecule has 0 heterocycles. The molecule has 0 fully saturated rings. The molecule has 2 aliphatic rings. The molecule has 306 valence electrons. The molecule has 0 bridgehead atoms. The molecule has 0 radical (unpaired) electrons. The van der Waals surface area contributed by atoms with Crippen LogP contribution in [0, 0.1) is 0 Å². The van der Waals surface area contributed by atoms with Crippen molar-refractivity contribution < 1.29 is 46.1 Å². The third-order valence-electron chi connectivity index (χ3n) is 12.4. The van der Waals surface area contributed by atoms with Crippen LogP contribution in [0.4, 0.5) is 0 Å². The van der Waals surface area contributed by atoms with Gasteiger partial charge in [0.15, 0.2) is 0 Å². The number of rotatable bonds is 14. The van der Waals surface area contributed by atoms with Crippen LogP contribution in [0.25, 0.3) is 33.4 Å². The van der Waals surface area contributed by atoms with Crippen LogP contribution in [0.2, 0.25) is 10.0 Å². The van der Waals surface area contributed by atoms with Gasteiger partial charge in [0.2, 0.25) is 0 Å². The fourth-order valence-corrected chi connectivity index (χ4v) is 18.5. The molecular weight excluding hydrogens is 894 g/mol. The number of hydrogen-bond acceptors (Lipinski definition) is 0. The van der Waals surface area contributed by atoms with Crippen molar-refractivity contribution in [1.29, 1.82) is 0 Å². The monoisotopic (exact) mass is 944 g/mol. The van der Waals surface area contributed by atoms with Crippen LogP contribution in [0.1, 0.15) is 105 Å². The summed E-state index contributed by atoms with van der Waals surface area (Å²) in [5.74, 6) is 0.891. The maximum Gasteiger partial charge on any atom is -1.00 e. The van der Waals surface area contributed by atoms with E-state index in [9.17, 15) is 0 Å². The Kier molecular flexibility index (Phi) is 16.3. The Morgan fingerprint density at radius 2 is 1.15 bits per heavy atom. The molecule has 8 rings (SSSR count). The van der Waals surface area contributed by atoms with Crippen molar-refractivity contribution in [1.82, 2.24) is 0 Å². The Morgan fingerprint density at radius 3 is 1.68 bits per heavy atom. The smallest absolute Gasteiger partial charge is 1.00 e. The predicted octanol–water partition coefficient (Wildman–Crippen LogP) is 9.46. The number of allylic oxidation sites excluding steroid dienone is 4. The molecule has 0 amide bonds. The van der Waals surface area contributed by atoms with Gasteiger partial charge in [0, 0.05) is 0 Å². The van der Waals surface area contributed by atoms with Crippen LogP contribution in [-0.2, 0) is 40.5 Å². The summed E-state index contributed by atoms with van der Waals surface area (Å²) >= 11 is 10.0. The SMILES string of the molecule is CCCC(C)c1cc2c(cc1-c1ccccc1)Cc1c-2cc(C(C)CCC)c(-c2ccccc2)[c]1[Zr+2]([C]1=CC=CC1)=[C](Cc1ccc(Cl)cc1)Cc1ccc(Cl)cc1.[Cl-].[Cl-]. The Bertz CT molecular complexity index is 2450. The third-order valence-corrected chi connectivity index (χ3v) is 20.6. The fourth-order valence-electron chi connectivity index (χ4n) is 9.58. The van der Waals surface area contributed by atoms with Crippen molar-refractivity contribution in [3.8, 4) is 33.4 Å². The van der Waals surface area contributed by atoms with Crippen molar-refractivity contribution in [2.45, 2.75) is 90.9 Å². The largest absolute Gasteiger partial charge is 1.00 e. The zero-order chi connectivity index (χ0) is 40.2. The summed E-state index contributed by atoms with van der Waals surface area (Å²) in [4.78, 5) is 0. The van der Waals surface area contributed by atoms with Gasteiger partial charge in [0.25, 0.3) is 0 Å². The summed E-state index contributed by atoms with van der Waals surface area (Å²) in [6.07, 6.45) is 15.8. The first-order valence-electron chi connectivity index (χ1n) is 21.4. The summed E-state index contributed by atoms with van der Waals surface area (Å²) in [7, 11) is 0. The van der Waals surface area contributed by atoms with E-state index in [0.29, 0.717) is 11.8 Å². The average Bonchev–Trinajstić information content (AvgIpc) is 3.91. The molecule has 6 aromatic carbocycles. The minimum Gasteiger partial charge on any atom is -1.00 e. The van der Waals surface area contributed by atoms with E-state index in [0.717, 1.165) is 48.6 Å². The summed E-state index contributed by atoms with van der Waals surface area (Å²) in [6, 6.07) is 47.6. The molecule has 60 heavy (non-hydrogen) atoms. The molecule has 2 aliphatic carbocycles. The Balaban J connectivity index is 0.00000302. The second-order valence-electron chi connectivity index (χ2n) is 16.5. The molecule has 0 N–H and O–H groups in total. The van der Waals surface area contributed by atoms with E-state index >= 15 is 0 Å². The second kappa shape index (κ2) is 21.2. The summed E-state index contributed by atoms with van der Waals surface area (Å²) in [5, 5.41) is 1.57. The van der Waals surface area contributed by atoms with E-state index in [1.807, 2.05) is 0 Å². The average molecular weight is 948 g/mol. The van der Waals surface area contributed by atoms with Gasteiger partial charge >= 0.3 is 368 Å². The van der Waals surface area contributed by atoms with Crippen molar-refractivity contribution >= 4 is 29.7 Å². The Labute approximate surface area is 389 Å². The van der Waals surface area contributed by atoms with Gasteiger partial charge in [-0.3, -0.25) is 0 Å². The Morgan fingerprint density at radius 1 is 0.617 bits per heavy atom. The molecule has 5 heteroatoms. The van der Waals surface area contributed by atoms with Gasteiger partial charge in [0.1, 0.15) is 0 Å². The van der Waals surface area contributed by atoms with Gasteiger partial charge in [-0.2, -0.15) is 0 Å². The molecule has 2 atom stereocenters. The van der Waals surface area contributed by atoms with E-state index in [2.05, 4.69) is 173 Å². The zero-order valence-electron chi connectivity index (χ0n) is 35.2. The molecule has 2 unspecified atom stereocenters. The Hall–Kier alpha value is -3.29. The van der Waals surface area contributed by atoms with E-state index in [1.165, 1.54) is 74.0 Å². The molecule has 0 saturated carbocycles. The predicted molar refractivity (Wildman–Crippen MR) is 249 cm³/mol. The number of halogens is 4. The second-order valence-corrected chi connectivity index (χ2v) is 23.8. The van der Waals surface area contributed by atoms with Gasteiger partial charge in [-0.15, -0.1) is 0 Å². The first kappa shape index (κ1) is 46.2. The standard InChI is InChI=1S/C35H37.C15H12Cl2.C5H5.2ClH.Zr/c1-5-13-24(3)30-22-34-28(20-32(30)26-15-9-7-10-16-26)19-29-21-33(27-17-11-8-12-18-27)31(23-35(29)34)25(4)14-6-2;16-14-8-4-12(5-9-14)2-1-3-13-6-10-15(17)11-7-13;1-2-4-5-3-1;;;/h7-12,15-18,20,22-25H,5-6,13-14,19H2,1-4H3;4-11H,2-3H2;1-3H,4H2;2*1H;/q;;;;;+2/p-2. The van der Waals surface area contributed by atoms with Crippen molar-refractivity contribution in [2.75, 3.05) is 0 Å². The zero-order valence-corrected chi connectivity index (χ0v) is 40.7. The van der Waals surface area contributed by atoms with Gasteiger partial charge in [-0.05, 0) is 0 Å². The first-order chi connectivity index (χ1) is 28.3. The minimum absolute atomic E-state index is 0. The maximum absolute atomic E-state index is 6.50. The van der Waals surface area contributed by atoms with Gasteiger partial charge in [-0.1, -0.05) is 0 Å². The third kappa shape index (κ3) is 9.99. The molecule has 0 nitrogen and oxygen atoms in total. The number of fused-ring (bicyclic) bond motifs is 3. The molecule has 0 aromatic heterocycles. The maximum atomic E-state index is 6.50. The number of benzene rings is 6. The van der Waals surface area contributed by atoms with E-state index in [1.54, 1.807) is 15.3 Å². The first-order valence-corrected chi connectivity index (χ1v) is 25.8. The van der Waals surface area contributed by atoms with Gasteiger partial charge < -0.3 is 24.8 Å². The fraction of sp³-hybridized carbons (Fsp3) is 0.255. The quantitative estimate of drug-likeness (QED) is 0.102. The van der Waals surface area contributed by atoms with Crippen LogP contribution in [0.15, 0.2) is 149 Å². The summed E-state index contributed by atoms with van der Waals surface area (Å²) < 4.78 is 5.05. The molecular formula is C55H54Cl4Zr. The molecule has 0 saturated heterocycles. The van der Waals surface area contributed by atoms with Crippen molar-refractivity contribution in [3.63, 3.8) is 0 Å². The molecule has 0 aliphatic heterocycles.